The van der Waals surface area contributed by atoms with E-state index in [1.54, 1.807) is 7.11 Å². The first-order chi connectivity index (χ1) is 10.4. The van der Waals surface area contributed by atoms with Gasteiger partial charge in [0.1, 0.15) is 0 Å². The minimum atomic E-state index is 0.739. The first kappa shape index (κ1) is 13.8. The molecule has 1 aliphatic heterocycles. The van der Waals surface area contributed by atoms with Crippen LogP contribution in [0.5, 0.6) is 17.2 Å². The van der Waals surface area contributed by atoms with Crippen molar-refractivity contribution >= 4 is 5.69 Å². The maximum atomic E-state index is 6.10. The zero-order valence-corrected chi connectivity index (χ0v) is 12.2. The summed E-state index contributed by atoms with van der Waals surface area (Å²) >= 11 is 0. The van der Waals surface area contributed by atoms with Crippen molar-refractivity contribution in [1.29, 1.82) is 0 Å². The van der Waals surface area contributed by atoms with Crippen molar-refractivity contribution in [3.05, 3.63) is 48.5 Å². The molecule has 0 amide bonds. The highest BCUT2D eigenvalue weighted by Crippen LogP contribution is 2.36. The number of rotatable bonds is 4. The molecule has 0 bridgehead atoms. The van der Waals surface area contributed by atoms with Gasteiger partial charge in [-0.15, -0.1) is 0 Å². The molecule has 1 N–H and O–H groups in total. The third-order valence-corrected chi connectivity index (χ3v) is 3.61. The highest BCUT2D eigenvalue weighted by atomic mass is 16.5. The second-order valence-corrected chi connectivity index (χ2v) is 4.96. The van der Waals surface area contributed by atoms with Crippen LogP contribution in [-0.2, 0) is 0 Å². The van der Waals surface area contributed by atoms with E-state index in [0.717, 1.165) is 49.1 Å². The molecule has 0 atom stereocenters. The predicted octanol–water partition coefficient (Wildman–Crippen LogP) is 2.90. The molecule has 1 aliphatic rings. The average Bonchev–Trinajstić information content (AvgIpc) is 2.57. The van der Waals surface area contributed by atoms with Gasteiger partial charge in [0.15, 0.2) is 17.2 Å². The molecule has 0 aromatic heterocycles. The zero-order valence-electron chi connectivity index (χ0n) is 12.2. The number of para-hydroxylation sites is 4. The van der Waals surface area contributed by atoms with Gasteiger partial charge < -0.3 is 19.7 Å². The van der Waals surface area contributed by atoms with E-state index < -0.39 is 0 Å². The fourth-order valence-corrected chi connectivity index (χ4v) is 2.53. The van der Waals surface area contributed by atoms with Crippen LogP contribution in [-0.4, -0.2) is 33.3 Å². The number of ether oxygens (including phenoxy) is 2. The lowest BCUT2D eigenvalue weighted by atomic mass is 10.2. The summed E-state index contributed by atoms with van der Waals surface area (Å²) in [6, 6.07) is 15.9. The monoisotopic (exact) mass is 284 g/mol. The normalized spacial score (nSPS) is 14.8. The van der Waals surface area contributed by atoms with E-state index in [-0.39, 0.29) is 0 Å². The maximum absolute atomic E-state index is 6.10. The van der Waals surface area contributed by atoms with Crippen molar-refractivity contribution in [1.82, 2.24) is 5.32 Å². The molecule has 0 saturated carbocycles. The second kappa shape index (κ2) is 6.50. The molecule has 0 unspecified atom stereocenters. The van der Waals surface area contributed by atoms with Crippen molar-refractivity contribution in [3.63, 3.8) is 0 Å². The number of hydrogen-bond donors (Lipinski definition) is 1. The minimum absolute atomic E-state index is 0.739. The lowest BCUT2D eigenvalue weighted by molar-refractivity contribution is 0.378. The summed E-state index contributed by atoms with van der Waals surface area (Å²) in [5, 5.41) is 3.37. The van der Waals surface area contributed by atoms with Gasteiger partial charge in [-0.3, -0.25) is 0 Å². The summed E-state index contributed by atoms with van der Waals surface area (Å²) in [7, 11) is 1.66. The van der Waals surface area contributed by atoms with E-state index >= 15 is 0 Å². The van der Waals surface area contributed by atoms with Crippen LogP contribution < -0.4 is 19.7 Å². The molecule has 1 fully saturated rings. The van der Waals surface area contributed by atoms with Crippen molar-refractivity contribution < 1.29 is 9.47 Å². The molecule has 1 heterocycles. The highest BCUT2D eigenvalue weighted by molar-refractivity contribution is 5.60. The van der Waals surface area contributed by atoms with Gasteiger partial charge in [-0.1, -0.05) is 24.3 Å². The number of nitrogens with one attached hydrogen (secondary N) is 1. The number of benzene rings is 2. The zero-order chi connectivity index (χ0) is 14.5. The van der Waals surface area contributed by atoms with Crippen LogP contribution >= 0.6 is 0 Å². The number of hydrogen-bond acceptors (Lipinski definition) is 4. The van der Waals surface area contributed by atoms with Crippen LogP contribution in [0.25, 0.3) is 0 Å². The smallest absolute Gasteiger partial charge is 0.169 e. The van der Waals surface area contributed by atoms with Gasteiger partial charge in [0.05, 0.1) is 12.8 Å². The summed E-state index contributed by atoms with van der Waals surface area (Å²) in [5.74, 6) is 2.35. The van der Waals surface area contributed by atoms with Crippen LogP contribution in [0.2, 0.25) is 0 Å². The lowest BCUT2D eigenvalue weighted by Crippen LogP contribution is -2.43. The van der Waals surface area contributed by atoms with Crippen LogP contribution in [0, 0.1) is 0 Å². The maximum Gasteiger partial charge on any atom is 0.169 e. The topological polar surface area (TPSA) is 33.7 Å². The summed E-state index contributed by atoms with van der Waals surface area (Å²) in [5.41, 5.74) is 1.13. The van der Waals surface area contributed by atoms with Crippen LogP contribution in [0.1, 0.15) is 0 Å². The van der Waals surface area contributed by atoms with Crippen LogP contribution in [0.3, 0.4) is 0 Å². The van der Waals surface area contributed by atoms with Gasteiger partial charge >= 0.3 is 0 Å². The van der Waals surface area contributed by atoms with Gasteiger partial charge in [-0.25, -0.2) is 0 Å². The highest BCUT2D eigenvalue weighted by Gasteiger charge is 2.15. The molecular weight excluding hydrogens is 264 g/mol. The van der Waals surface area contributed by atoms with Gasteiger partial charge in [-0.05, 0) is 24.3 Å². The first-order valence-electron chi connectivity index (χ1n) is 7.24. The summed E-state index contributed by atoms with van der Waals surface area (Å²) < 4.78 is 11.5. The molecule has 2 aromatic carbocycles. The van der Waals surface area contributed by atoms with Gasteiger partial charge in [0.25, 0.3) is 0 Å². The van der Waals surface area contributed by atoms with Gasteiger partial charge in [-0.2, -0.15) is 0 Å². The Labute approximate surface area is 125 Å². The second-order valence-electron chi connectivity index (χ2n) is 4.96. The van der Waals surface area contributed by atoms with Crippen LogP contribution in [0.15, 0.2) is 48.5 Å². The third kappa shape index (κ3) is 3.11. The molecule has 0 aliphatic carbocycles. The fourth-order valence-electron chi connectivity index (χ4n) is 2.53. The molecule has 2 aromatic rings. The fraction of sp³-hybridized carbons (Fsp3) is 0.294. The largest absolute Gasteiger partial charge is 0.493 e. The minimum Gasteiger partial charge on any atom is -0.493 e. The Morgan fingerprint density at radius 3 is 2.19 bits per heavy atom. The van der Waals surface area contributed by atoms with E-state index in [1.807, 2.05) is 42.5 Å². The molecule has 4 nitrogen and oxygen atoms in total. The standard InChI is InChI=1S/C17H20N2O2/c1-20-16-8-4-5-9-17(16)21-15-7-3-2-6-14(15)19-12-10-18-11-13-19/h2-9,18H,10-13H2,1H3. The molecule has 0 spiro atoms. The third-order valence-electron chi connectivity index (χ3n) is 3.61. The Balaban J connectivity index is 1.88. The Bertz CT molecular complexity index is 595. The SMILES string of the molecule is COc1ccccc1Oc1ccccc1N1CCNCC1. The molecule has 21 heavy (non-hydrogen) atoms. The summed E-state index contributed by atoms with van der Waals surface area (Å²) in [6.07, 6.45) is 0. The molecule has 0 radical (unpaired) electrons. The van der Waals surface area contributed by atoms with Gasteiger partial charge in [0.2, 0.25) is 0 Å². The quantitative estimate of drug-likeness (QED) is 0.936. The van der Waals surface area contributed by atoms with E-state index in [9.17, 15) is 0 Å². The first-order valence-corrected chi connectivity index (χ1v) is 7.24. The Hall–Kier alpha value is -2.20. The van der Waals surface area contributed by atoms with E-state index in [2.05, 4.69) is 16.3 Å². The number of nitrogens with zero attached hydrogens (tertiary/aromatic N) is 1. The summed E-state index contributed by atoms with van der Waals surface area (Å²) in [6.45, 7) is 3.99. The van der Waals surface area contributed by atoms with E-state index in [4.69, 9.17) is 9.47 Å². The average molecular weight is 284 g/mol. The van der Waals surface area contributed by atoms with Crippen molar-refractivity contribution in [2.45, 2.75) is 0 Å². The Kier molecular flexibility index (Phi) is 4.26. The molecule has 4 heteroatoms. The summed E-state index contributed by atoms with van der Waals surface area (Å²) in [4.78, 5) is 2.35. The number of anilines is 1. The van der Waals surface area contributed by atoms with Crippen LogP contribution in [0.4, 0.5) is 5.69 Å². The molecule has 3 rings (SSSR count). The number of methoxy groups -OCH3 is 1. The Morgan fingerprint density at radius 2 is 1.48 bits per heavy atom. The molecular formula is C17H20N2O2. The van der Waals surface area contributed by atoms with Crippen molar-refractivity contribution in [3.8, 4) is 17.2 Å². The van der Waals surface area contributed by atoms with Crippen molar-refractivity contribution in [2.75, 3.05) is 38.2 Å². The predicted molar refractivity (Wildman–Crippen MR) is 84.6 cm³/mol. The van der Waals surface area contributed by atoms with Crippen molar-refractivity contribution in [2.24, 2.45) is 0 Å². The van der Waals surface area contributed by atoms with Gasteiger partial charge in [0, 0.05) is 26.2 Å². The lowest BCUT2D eigenvalue weighted by Gasteiger charge is -2.30. The molecule has 1 saturated heterocycles. The Morgan fingerprint density at radius 1 is 0.857 bits per heavy atom. The van der Waals surface area contributed by atoms with E-state index in [0.29, 0.717) is 0 Å². The molecule has 110 valence electrons. The van der Waals surface area contributed by atoms with E-state index in [1.165, 1.54) is 0 Å². The number of piperazine rings is 1.